The van der Waals surface area contributed by atoms with Gasteiger partial charge < -0.3 is 5.11 Å². The Bertz CT molecular complexity index is 431. The largest absolute Gasteiger partial charge is 0.465 e. The van der Waals surface area contributed by atoms with Gasteiger partial charge in [-0.15, -0.1) is 0 Å². The molecule has 16 heavy (non-hydrogen) atoms. The monoisotopic (exact) mass is 224 g/mol. The third kappa shape index (κ3) is 2.28. The molecule has 0 heterocycles. The maximum Gasteiger partial charge on any atom is 0.411 e. The Labute approximate surface area is 92.3 Å². The molecule has 1 amide bonds. The summed E-state index contributed by atoms with van der Waals surface area (Å²) in [6.07, 6.45) is -1.12. The number of nitro benzene ring substituents is 1. The van der Waals surface area contributed by atoms with E-state index < -0.39 is 11.0 Å². The summed E-state index contributed by atoms with van der Waals surface area (Å²) < 4.78 is 0. The number of non-ortho nitro benzene ring substituents is 1. The van der Waals surface area contributed by atoms with Crippen LogP contribution in [0.1, 0.15) is 12.5 Å². The van der Waals surface area contributed by atoms with Gasteiger partial charge in [0.1, 0.15) is 0 Å². The lowest BCUT2D eigenvalue weighted by Crippen LogP contribution is -2.29. The zero-order chi connectivity index (χ0) is 12.3. The van der Waals surface area contributed by atoms with Gasteiger partial charge in [-0.05, 0) is 19.4 Å². The van der Waals surface area contributed by atoms with Gasteiger partial charge in [-0.1, -0.05) is 6.07 Å². The molecule has 6 nitrogen and oxygen atoms in total. The summed E-state index contributed by atoms with van der Waals surface area (Å²) >= 11 is 0. The van der Waals surface area contributed by atoms with Gasteiger partial charge in [0.05, 0.1) is 10.6 Å². The average molecular weight is 224 g/mol. The topological polar surface area (TPSA) is 83.7 Å². The fraction of sp³-hybridized carbons (Fsp3) is 0.300. The highest BCUT2D eigenvalue weighted by Gasteiger charge is 2.17. The molecule has 86 valence electrons. The molecule has 0 radical (unpaired) electrons. The van der Waals surface area contributed by atoms with Crippen molar-refractivity contribution < 1.29 is 14.8 Å². The van der Waals surface area contributed by atoms with Crippen molar-refractivity contribution >= 4 is 17.5 Å². The van der Waals surface area contributed by atoms with Crippen LogP contribution < -0.4 is 4.90 Å². The summed E-state index contributed by atoms with van der Waals surface area (Å²) in [5, 5.41) is 19.5. The van der Waals surface area contributed by atoms with Crippen molar-refractivity contribution in [3.05, 3.63) is 33.9 Å². The van der Waals surface area contributed by atoms with Gasteiger partial charge in [0.25, 0.3) is 5.69 Å². The number of hydrogen-bond donors (Lipinski definition) is 1. The molecule has 0 aliphatic carbocycles. The Balaban J connectivity index is 3.25. The first-order valence-corrected chi connectivity index (χ1v) is 4.73. The van der Waals surface area contributed by atoms with E-state index in [1.165, 1.54) is 12.1 Å². The molecule has 0 fully saturated rings. The molecule has 0 aromatic heterocycles. The van der Waals surface area contributed by atoms with Gasteiger partial charge in [-0.3, -0.25) is 15.0 Å². The SMILES string of the molecule is CCN(C(=O)O)c1cc([N+](=O)[O-])ccc1C. The number of nitrogens with zero attached hydrogens (tertiary/aromatic N) is 2. The number of amides is 1. The minimum atomic E-state index is -1.12. The third-order valence-corrected chi connectivity index (χ3v) is 2.24. The fourth-order valence-electron chi connectivity index (χ4n) is 1.41. The molecule has 1 N–H and O–H groups in total. The van der Waals surface area contributed by atoms with Gasteiger partial charge in [0.15, 0.2) is 0 Å². The van der Waals surface area contributed by atoms with E-state index in [1.807, 2.05) is 0 Å². The van der Waals surface area contributed by atoms with Crippen LogP contribution in [-0.2, 0) is 0 Å². The molecular weight excluding hydrogens is 212 g/mol. The van der Waals surface area contributed by atoms with E-state index >= 15 is 0 Å². The Hall–Kier alpha value is -2.11. The standard InChI is InChI=1S/C10H12N2O4/c1-3-11(10(13)14)9-6-8(12(15)16)5-4-7(9)2/h4-6H,3H2,1-2H3,(H,13,14). The second-order valence-corrected chi connectivity index (χ2v) is 3.25. The molecule has 0 aliphatic heterocycles. The van der Waals surface area contributed by atoms with Gasteiger partial charge in [-0.25, -0.2) is 4.79 Å². The third-order valence-electron chi connectivity index (χ3n) is 2.24. The molecule has 1 aromatic carbocycles. The number of carboxylic acid groups (broad SMARTS) is 1. The van der Waals surface area contributed by atoms with Gasteiger partial charge in [0.2, 0.25) is 0 Å². The number of benzene rings is 1. The number of rotatable bonds is 3. The number of nitro groups is 1. The van der Waals surface area contributed by atoms with Crippen LogP contribution in [0.2, 0.25) is 0 Å². The summed E-state index contributed by atoms with van der Waals surface area (Å²) in [6, 6.07) is 4.17. The minimum absolute atomic E-state index is 0.111. The number of aryl methyl sites for hydroxylation is 1. The van der Waals surface area contributed by atoms with Crippen molar-refractivity contribution in [2.45, 2.75) is 13.8 Å². The maximum absolute atomic E-state index is 10.9. The van der Waals surface area contributed by atoms with Crippen molar-refractivity contribution in [3.63, 3.8) is 0 Å². The Morgan fingerprint density at radius 3 is 2.62 bits per heavy atom. The normalized spacial score (nSPS) is 9.88. The van der Waals surface area contributed by atoms with E-state index in [0.29, 0.717) is 11.3 Å². The molecule has 1 rings (SSSR count). The average Bonchev–Trinajstić information content (AvgIpc) is 2.20. The first kappa shape index (κ1) is 12.0. The van der Waals surface area contributed by atoms with Crippen LogP contribution >= 0.6 is 0 Å². The van der Waals surface area contributed by atoms with E-state index in [9.17, 15) is 14.9 Å². The van der Waals surface area contributed by atoms with Gasteiger partial charge in [0, 0.05) is 18.7 Å². The molecule has 0 atom stereocenters. The van der Waals surface area contributed by atoms with E-state index in [4.69, 9.17) is 5.11 Å². The van der Waals surface area contributed by atoms with Crippen LogP contribution in [0.25, 0.3) is 0 Å². The van der Waals surface area contributed by atoms with Crippen molar-refractivity contribution in [1.29, 1.82) is 0 Å². The Kier molecular flexibility index (Phi) is 3.44. The first-order valence-electron chi connectivity index (χ1n) is 4.73. The summed E-state index contributed by atoms with van der Waals surface area (Å²) in [6.45, 7) is 3.63. The van der Waals surface area contributed by atoms with Crippen LogP contribution in [0.3, 0.4) is 0 Å². The molecule has 0 unspecified atom stereocenters. The van der Waals surface area contributed by atoms with Crippen molar-refractivity contribution in [2.75, 3.05) is 11.4 Å². The zero-order valence-corrected chi connectivity index (χ0v) is 9.01. The van der Waals surface area contributed by atoms with Gasteiger partial charge >= 0.3 is 6.09 Å². The smallest absolute Gasteiger partial charge is 0.411 e. The van der Waals surface area contributed by atoms with Crippen molar-refractivity contribution in [2.24, 2.45) is 0 Å². The molecule has 0 aliphatic rings. The van der Waals surface area contributed by atoms with E-state index in [1.54, 1.807) is 19.9 Å². The zero-order valence-electron chi connectivity index (χ0n) is 9.01. The Morgan fingerprint density at radius 1 is 1.56 bits per heavy atom. The molecule has 0 spiro atoms. The number of hydrogen-bond acceptors (Lipinski definition) is 3. The molecular formula is C10H12N2O4. The van der Waals surface area contributed by atoms with Crippen molar-refractivity contribution in [3.8, 4) is 0 Å². The Morgan fingerprint density at radius 2 is 2.19 bits per heavy atom. The molecule has 1 aromatic rings. The first-order chi connectivity index (χ1) is 7.47. The summed E-state index contributed by atoms with van der Waals surface area (Å²) in [5.41, 5.74) is 0.930. The van der Waals surface area contributed by atoms with E-state index in [-0.39, 0.29) is 12.2 Å². The highest BCUT2D eigenvalue weighted by Crippen LogP contribution is 2.25. The molecule has 0 saturated carbocycles. The number of anilines is 1. The second kappa shape index (κ2) is 4.61. The number of carbonyl (C=O) groups is 1. The van der Waals surface area contributed by atoms with Crippen LogP contribution in [0.4, 0.5) is 16.2 Å². The molecule has 0 bridgehead atoms. The highest BCUT2D eigenvalue weighted by molar-refractivity contribution is 5.87. The predicted octanol–water partition coefficient (Wildman–Crippen LogP) is 2.41. The summed E-state index contributed by atoms with van der Waals surface area (Å²) in [4.78, 5) is 22.0. The lowest BCUT2D eigenvalue weighted by molar-refractivity contribution is -0.384. The lowest BCUT2D eigenvalue weighted by atomic mass is 10.1. The fourth-order valence-corrected chi connectivity index (χ4v) is 1.41. The van der Waals surface area contributed by atoms with Gasteiger partial charge in [-0.2, -0.15) is 0 Å². The molecule has 0 saturated heterocycles. The van der Waals surface area contributed by atoms with Crippen LogP contribution in [-0.4, -0.2) is 22.7 Å². The summed E-state index contributed by atoms with van der Waals surface area (Å²) in [5.74, 6) is 0. The summed E-state index contributed by atoms with van der Waals surface area (Å²) in [7, 11) is 0. The quantitative estimate of drug-likeness (QED) is 0.631. The van der Waals surface area contributed by atoms with Crippen LogP contribution in [0.15, 0.2) is 18.2 Å². The lowest BCUT2D eigenvalue weighted by Gasteiger charge is -2.18. The minimum Gasteiger partial charge on any atom is -0.465 e. The highest BCUT2D eigenvalue weighted by atomic mass is 16.6. The van der Waals surface area contributed by atoms with E-state index in [0.717, 1.165) is 4.90 Å². The molecule has 6 heteroatoms. The predicted molar refractivity (Wildman–Crippen MR) is 58.9 cm³/mol. The van der Waals surface area contributed by atoms with Crippen LogP contribution in [0, 0.1) is 17.0 Å². The van der Waals surface area contributed by atoms with Crippen molar-refractivity contribution in [1.82, 2.24) is 0 Å². The van der Waals surface area contributed by atoms with Crippen LogP contribution in [0.5, 0.6) is 0 Å². The maximum atomic E-state index is 10.9. The second-order valence-electron chi connectivity index (χ2n) is 3.25. The van der Waals surface area contributed by atoms with E-state index in [2.05, 4.69) is 0 Å².